The molecule has 0 unspecified atom stereocenters. The molecule has 4 nitrogen and oxygen atoms in total. The highest BCUT2D eigenvalue weighted by Gasteiger charge is 2.51. The van der Waals surface area contributed by atoms with Gasteiger partial charge in [-0.1, -0.05) is 6.07 Å². The van der Waals surface area contributed by atoms with Gasteiger partial charge in [-0.25, -0.2) is 13.8 Å². The van der Waals surface area contributed by atoms with Gasteiger partial charge in [0.2, 0.25) is 0 Å². The molecule has 20 heavy (non-hydrogen) atoms. The number of rotatable bonds is 4. The van der Waals surface area contributed by atoms with Crippen LogP contribution in [0.25, 0.3) is 0 Å². The van der Waals surface area contributed by atoms with Crippen LogP contribution in [-0.2, 0) is 9.31 Å². The molecular weight excluding hydrogens is 265 g/mol. The van der Waals surface area contributed by atoms with E-state index in [-0.39, 0.29) is 0 Å². The molecule has 1 aromatic heterocycles. The Labute approximate surface area is 118 Å². The van der Waals surface area contributed by atoms with E-state index in [1.54, 1.807) is 18.3 Å². The second-order valence-electron chi connectivity index (χ2n) is 5.84. The molecule has 1 fully saturated rings. The van der Waals surface area contributed by atoms with Gasteiger partial charge in [-0.15, -0.1) is 0 Å². The monoisotopic (exact) mass is 284 g/mol. The first-order chi connectivity index (χ1) is 9.21. The van der Waals surface area contributed by atoms with Gasteiger partial charge in [-0.2, -0.15) is 0 Å². The van der Waals surface area contributed by atoms with Crippen molar-refractivity contribution in [3.05, 3.63) is 18.3 Å². The van der Waals surface area contributed by atoms with Crippen molar-refractivity contribution in [1.29, 1.82) is 0 Å². The Morgan fingerprint density at radius 3 is 2.25 bits per heavy atom. The molecule has 0 saturated carbocycles. The molecule has 0 aliphatic carbocycles. The van der Waals surface area contributed by atoms with Crippen molar-refractivity contribution < 1.29 is 18.1 Å². The lowest BCUT2D eigenvalue weighted by molar-refractivity contribution is 0.00578. The number of hydrogen-bond acceptors (Lipinski definition) is 4. The fraction of sp³-hybridized carbons (Fsp3) is 0.615. The van der Waals surface area contributed by atoms with Crippen molar-refractivity contribution in [2.24, 2.45) is 0 Å². The van der Waals surface area contributed by atoms with Crippen LogP contribution in [0.3, 0.4) is 0 Å². The Balaban J connectivity index is 2.05. The van der Waals surface area contributed by atoms with Gasteiger partial charge in [0.15, 0.2) is 0 Å². The van der Waals surface area contributed by atoms with Gasteiger partial charge in [0.1, 0.15) is 5.82 Å². The summed E-state index contributed by atoms with van der Waals surface area (Å²) in [6.07, 6.45) is -0.824. The fourth-order valence-electron chi connectivity index (χ4n) is 1.81. The van der Waals surface area contributed by atoms with Crippen molar-refractivity contribution >= 4 is 18.4 Å². The Hall–Kier alpha value is -1.21. The van der Waals surface area contributed by atoms with Crippen molar-refractivity contribution in [3.8, 4) is 0 Å². The molecule has 1 aromatic rings. The quantitative estimate of drug-likeness (QED) is 0.859. The van der Waals surface area contributed by atoms with E-state index in [0.717, 1.165) is 5.46 Å². The minimum absolute atomic E-state index is 0.408. The number of anilines is 1. The lowest BCUT2D eigenvalue weighted by Gasteiger charge is -2.32. The third-order valence-corrected chi connectivity index (χ3v) is 3.75. The minimum Gasteiger partial charge on any atom is -0.399 e. The zero-order chi connectivity index (χ0) is 15.0. The predicted molar refractivity (Wildman–Crippen MR) is 74.4 cm³/mol. The third kappa shape index (κ3) is 3.09. The SMILES string of the molecule is CC1(C)OB(c2ccc(NCC(F)F)nc2)OC1(C)C. The number of aromatic nitrogens is 1. The maximum Gasteiger partial charge on any atom is 0.496 e. The number of hydrogen-bond donors (Lipinski definition) is 1. The molecule has 0 bridgehead atoms. The summed E-state index contributed by atoms with van der Waals surface area (Å²) in [5.74, 6) is 0.408. The Bertz CT molecular complexity index is 450. The van der Waals surface area contributed by atoms with Gasteiger partial charge in [0.25, 0.3) is 6.43 Å². The molecule has 2 heterocycles. The first-order valence-corrected chi connectivity index (χ1v) is 6.55. The van der Waals surface area contributed by atoms with Crippen LogP contribution in [0.4, 0.5) is 14.6 Å². The average molecular weight is 284 g/mol. The van der Waals surface area contributed by atoms with Crippen molar-refractivity contribution in [2.45, 2.75) is 45.3 Å². The minimum atomic E-state index is -2.40. The van der Waals surface area contributed by atoms with E-state index in [1.165, 1.54) is 0 Å². The summed E-state index contributed by atoms with van der Waals surface area (Å²) in [6.45, 7) is 7.47. The second kappa shape index (κ2) is 5.29. The summed E-state index contributed by atoms with van der Waals surface area (Å²) in [4.78, 5) is 4.09. The van der Waals surface area contributed by atoms with Crippen LogP contribution >= 0.6 is 0 Å². The topological polar surface area (TPSA) is 43.4 Å². The van der Waals surface area contributed by atoms with Gasteiger partial charge in [-0.05, 0) is 33.8 Å². The molecule has 1 aliphatic heterocycles. The number of halogens is 2. The summed E-state index contributed by atoms with van der Waals surface area (Å²) in [6, 6.07) is 3.41. The van der Waals surface area contributed by atoms with E-state index in [2.05, 4.69) is 10.3 Å². The summed E-state index contributed by atoms with van der Waals surface area (Å²) in [5, 5.41) is 2.55. The maximum atomic E-state index is 12.1. The molecule has 110 valence electrons. The highest BCUT2D eigenvalue weighted by Crippen LogP contribution is 2.36. The molecule has 1 N–H and O–H groups in total. The largest absolute Gasteiger partial charge is 0.496 e. The second-order valence-corrected chi connectivity index (χ2v) is 5.84. The van der Waals surface area contributed by atoms with Crippen LogP contribution < -0.4 is 10.8 Å². The Morgan fingerprint density at radius 2 is 1.80 bits per heavy atom. The first-order valence-electron chi connectivity index (χ1n) is 6.55. The van der Waals surface area contributed by atoms with Crippen LogP contribution in [0, 0.1) is 0 Å². The van der Waals surface area contributed by atoms with E-state index in [0.29, 0.717) is 5.82 Å². The van der Waals surface area contributed by atoms with Crippen LogP contribution in [-0.4, -0.2) is 36.3 Å². The molecule has 0 amide bonds. The molecule has 1 aliphatic rings. The van der Waals surface area contributed by atoms with Gasteiger partial charge in [0.05, 0.1) is 17.7 Å². The summed E-state index contributed by atoms with van der Waals surface area (Å²) >= 11 is 0. The maximum absolute atomic E-state index is 12.1. The molecule has 1 saturated heterocycles. The van der Waals surface area contributed by atoms with Crippen molar-refractivity contribution in [3.63, 3.8) is 0 Å². The highest BCUT2D eigenvalue weighted by molar-refractivity contribution is 6.62. The first kappa shape index (κ1) is 15.2. The zero-order valence-corrected chi connectivity index (χ0v) is 12.1. The smallest absolute Gasteiger partial charge is 0.399 e. The van der Waals surface area contributed by atoms with Gasteiger partial charge < -0.3 is 14.6 Å². The van der Waals surface area contributed by atoms with Gasteiger partial charge in [0, 0.05) is 11.7 Å². The van der Waals surface area contributed by atoms with Crippen LogP contribution in [0.2, 0.25) is 0 Å². The molecule has 0 radical (unpaired) electrons. The number of nitrogens with zero attached hydrogens (tertiary/aromatic N) is 1. The molecule has 2 rings (SSSR count). The molecule has 0 spiro atoms. The van der Waals surface area contributed by atoms with Crippen LogP contribution in [0.5, 0.6) is 0 Å². The van der Waals surface area contributed by atoms with Crippen LogP contribution in [0.15, 0.2) is 18.3 Å². The Kier molecular flexibility index (Phi) is 4.02. The van der Waals surface area contributed by atoms with E-state index in [9.17, 15) is 8.78 Å². The third-order valence-electron chi connectivity index (χ3n) is 3.75. The van der Waals surface area contributed by atoms with E-state index in [1.807, 2.05) is 27.7 Å². The average Bonchev–Trinajstić information content (AvgIpc) is 2.56. The molecule has 0 aromatic carbocycles. The molecule has 0 atom stereocenters. The van der Waals surface area contributed by atoms with Crippen LogP contribution in [0.1, 0.15) is 27.7 Å². The predicted octanol–water partition coefficient (Wildman–Crippen LogP) is 2.06. The number of nitrogens with one attached hydrogen (secondary N) is 1. The lowest BCUT2D eigenvalue weighted by atomic mass is 9.80. The van der Waals surface area contributed by atoms with E-state index < -0.39 is 31.3 Å². The van der Waals surface area contributed by atoms with Crippen molar-refractivity contribution in [1.82, 2.24) is 4.98 Å². The van der Waals surface area contributed by atoms with Gasteiger partial charge in [-0.3, -0.25) is 0 Å². The molecular formula is C13H19BF2N2O2. The number of alkyl halides is 2. The zero-order valence-electron chi connectivity index (χ0n) is 12.1. The fourth-order valence-corrected chi connectivity index (χ4v) is 1.81. The summed E-state index contributed by atoms with van der Waals surface area (Å²) < 4.78 is 35.9. The summed E-state index contributed by atoms with van der Waals surface area (Å²) in [5.41, 5.74) is -0.0552. The Morgan fingerprint density at radius 1 is 1.20 bits per heavy atom. The summed E-state index contributed by atoms with van der Waals surface area (Å²) in [7, 11) is -0.489. The van der Waals surface area contributed by atoms with E-state index >= 15 is 0 Å². The normalized spacial score (nSPS) is 20.4. The van der Waals surface area contributed by atoms with Gasteiger partial charge >= 0.3 is 7.12 Å². The number of pyridine rings is 1. The standard InChI is InChI=1S/C13H19BF2N2O2/c1-12(2)13(3,4)20-14(19-12)9-5-6-11(17-7-9)18-8-10(15)16/h5-7,10H,8H2,1-4H3,(H,17,18). The highest BCUT2D eigenvalue weighted by atomic mass is 19.3. The van der Waals surface area contributed by atoms with Crippen molar-refractivity contribution in [2.75, 3.05) is 11.9 Å². The molecule has 7 heteroatoms. The lowest BCUT2D eigenvalue weighted by Crippen LogP contribution is -2.41. The van der Waals surface area contributed by atoms with E-state index in [4.69, 9.17) is 9.31 Å².